The first-order valence-corrected chi connectivity index (χ1v) is 11.4. The highest BCUT2D eigenvalue weighted by Gasteiger charge is 2.30. The fourth-order valence-electron chi connectivity index (χ4n) is 3.22. The minimum absolute atomic E-state index is 0.0197. The van der Waals surface area contributed by atoms with Gasteiger partial charge < -0.3 is 4.90 Å². The van der Waals surface area contributed by atoms with Crippen molar-refractivity contribution in [1.29, 1.82) is 0 Å². The van der Waals surface area contributed by atoms with Gasteiger partial charge >= 0.3 is 0 Å². The van der Waals surface area contributed by atoms with Crippen molar-refractivity contribution < 1.29 is 13.2 Å². The SMILES string of the molecule is CN(CC(=O)N1CCN(S(=O)(=O)c2ccccc2)CC1)Cc1ccccc1Br. The minimum atomic E-state index is -3.50. The number of piperazine rings is 1. The van der Waals surface area contributed by atoms with E-state index >= 15 is 0 Å². The van der Waals surface area contributed by atoms with Crippen LogP contribution in [0, 0.1) is 0 Å². The second-order valence-electron chi connectivity index (χ2n) is 6.86. The molecule has 0 aliphatic carbocycles. The summed E-state index contributed by atoms with van der Waals surface area (Å²) < 4.78 is 27.9. The molecule has 0 unspecified atom stereocenters. The van der Waals surface area contributed by atoms with Gasteiger partial charge in [0.1, 0.15) is 0 Å². The van der Waals surface area contributed by atoms with Crippen LogP contribution < -0.4 is 0 Å². The van der Waals surface area contributed by atoms with Crippen LogP contribution in [0.5, 0.6) is 0 Å². The predicted octanol–water partition coefficient (Wildman–Crippen LogP) is 2.41. The Morgan fingerprint density at radius 1 is 1.00 bits per heavy atom. The van der Waals surface area contributed by atoms with Crippen LogP contribution in [0.1, 0.15) is 5.56 Å². The van der Waals surface area contributed by atoms with Crippen LogP contribution in [-0.2, 0) is 21.4 Å². The summed E-state index contributed by atoms with van der Waals surface area (Å²) in [5.41, 5.74) is 1.12. The molecule has 0 aromatic heterocycles. The van der Waals surface area contributed by atoms with Gasteiger partial charge in [-0.2, -0.15) is 4.31 Å². The van der Waals surface area contributed by atoms with E-state index in [-0.39, 0.29) is 5.91 Å². The molecule has 8 heteroatoms. The second kappa shape index (κ2) is 9.17. The number of amides is 1. The molecular formula is C20H24BrN3O3S. The molecule has 3 rings (SSSR count). The van der Waals surface area contributed by atoms with E-state index < -0.39 is 10.0 Å². The van der Waals surface area contributed by atoms with Crippen molar-refractivity contribution >= 4 is 31.9 Å². The first-order chi connectivity index (χ1) is 13.4. The maximum Gasteiger partial charge on any atom is 0.243 e. The number of likely N-dealkylation sites (N-methyl/N-ethyl adjacent to an activating group) is 1. The Morgan fingerprint density at radius 2 is 1.61 bits per heavy atom. The van der Waals surface area contributed by atoms with Gasteiger partial charge in [-0.05, 0) is 30.8 Å². The zero-order chi connectivity index (χ0) is 20.1. The number of hydrogen-bond donors (Lipinski definition) is 0. The Morgan fingerprint density at radius 3 is 2.25 bits per heavy atom. The monoisotopic (exact) mass is 465 g/mol. The molecule has 28 heavy (non-hydrogen) atoms. The Kier molecular flexibility index (Phi) is 6.87. The fraction of sp³-hybridized carbons (Fsp3) is 0.350. The molecule has 1 saturated heterocycles. The van der Waals surface area contributed by atoms with Gasteiger partial charge in [-0.25, -0.2) is 8.42 Å². The third-order valence-electron chi connectivity index (χ3n) is 4.78. The number of halogens is 1. The van der Waals surface area contributed by atoms with E-state index in [9.17, 15) is 13.2 Å². The van der Waals surface area contributed by atoms with E-state index in [1.165, 1.54) is 4.31 Å². The lowest BCUT2D eigenvalue weighted by molar-refractivity contribution is -0.133. The molecule has 150 valence electrons. The average Bonchev–Trinajstić information content (AvgIpc) is 2.70. The summed E-state index contributed by atoms with van der Waals surface area (Å²) in [7, 11) is -1.59. The Bertz CT molecular complexity index is 913. The second-order valence-corrected chi connectivity index (χ2v) is 9.65. The smallest absolute Gasteiger partial charge is 0.243 e. The predicted molar refractivity (Wildman–Crippen MR) is 112 cm³/mol. The molecule has 1 aliphatic rings. The zero-order valence-corrected chi connectivity index (χ0v) is 18.2. The third kappa shape index (κ3) is 5.00. The number of nitrogens with zero attached hydrogens (tertiary/aromatic N) is 3. The Hall–Kier alpha value is -1.74. The summed E-state index contributed by atoms with van der Waals surface area (Å²) in [6.07, 6.45) is 0. The highest BCUT2D eigenvalue weighted by molar-refractivity contribution is 9.10. The summed E-state index contributed by atoms with van der Waals surface area (Å²) in [6, 6.07) is 16.4. The van der Waals surface area contributed by atoms with Gasteiger partial charge in [0.05, 0.1) is 11.4 Å². The van der Waals surface area contributed by atoms with Crippen LogP contribution in [0.25, 0.3) is 0 Å². The molecule has 0 atom stereocenters. The maximum absolute atomic E-state index is 12.7. The van der Waals surface area contributed by atoms with Gasteiger partial charge in [0.15, 0.2) is 0 Å². The standard InChI is InChI=1S/C20H24BrN3O3S/c1-22(15-17-7-5-6-10-19(17)21)16-20(25)23-11-13-24(14-12-23)28(26,27)18-8-3-2-4-9-18/h2-10H,11-16H2,1H3. The largest absolute Gasteiger partial charge is 0.339 e. The van der Waals surface area contributed by atoms with Crippen molar-refractivity contribution in [2.45, 2.75) is 11.4 Å². The zero-order valence-electron chi connectivity index (χ0n) is 15.8. The highest BCUT2D eigenvalue weighted by Crippen LogP contribution is 2.19. The van der Waals surface area contributed by atoms with E-state index in [0.717, 1.165) is 10.0 Å². The van der Waals surface area contributed by atoms with Crippen molar-refractivity contribution in [2.24, 2.45) is 0 Å². The van der Waals surface area contributed by atoms with Crippen LogP contribution >= 0.6 is 15.9 Å². The molecule has 0 saturated carbocycles. The highest BCUT2D eigenvalue weighted by atomic mass is 79.9. The van der Waals surface area contributed by atoms with Gasteiger partial charge in [0.25, 0.3) is 0 Å². The van der Waals surface area contributed by atoms with Crippen LogP contribution in [0.2, 0.25) is 0 Å². The number of benzene rings is 2. The van der Waals surface area contributed by atoms with Crippen molar-refractivity contribution in [3.05, 3.63) is 64.6 Å². The number of sulfonamides is 1. The van der Waals surface area contributed by atoms with Crippen LogP contribution in [-0.4, -0.2) is 68.2 Å². The molecule has 0 spiro atoms. The van der Waals surface area contributed by atoms with E-state index in [1.54, 1.807) is 35.2 Å². The van der Waals surface area contributed by atoms with Crippen molar-refractivity contribution in [3.8, 4) is 0 Å². The molecule has 2 aromatic carbocycles. The number of hydrogen-bond acceptors (Lipinski definition) is 4. The number of rotatable bonds is 6. The summed E-state index contributed by atoms with van der Waals surface area (Å²) in [6.45, 7) is 2.41. The van der Waals surface area contributed by atoms with Crippen molar-refractivity contribution in [1.82, 2.24) is 14.1 Å². The van der Waals surface area contributed by atoms with E-state index in [4.69, 9.17) is 0 Å². The van der Waals surface area contributed by atoms with Crippen molar-refractivity contribution in [3.63, 3.8) is 0 Å². The lowest BCUT2D eigenvalue weighted by Gasteiger charge is -2.34. The van der Waals surface area contributed by atoms with Crippen LogP contribution in [0.4, 0.5) is 0 Å². The Labute approximate surface area is 174 Å². The van der Waals surface area contributed by atoms with Crippen molar-refractivity contribution in [2.75, 3.05) is 39.8 Å². The summed E-state index contributed by atoms with van der Waals surface area (Å²) in [4.78, 5) is 16.6. The van der Waals surface area contributed by atoms with E-state index in [0.29, 0.717) is 44.2 Å². The molecule has 1 heterocycles. The molecular weight excluding hydrogens is 442 g/mol. The average molecular weight is 466 g/mol. The van der Waals surface area contributed by atoms with E-state index in [1.807, 2.05) is 36.2 Å². The topological polar surface area (TPSA) is 60.9 Å². The normalized spacial score (nSPS) is 15.8. The van der Waals surface area contributed by atoms with Gasteiger partial charge in [-0.15, -0.1) is 0 Å². The van der Waals surface area contributed by atoms with Gasteiger partial charge in [0.2, 0.25) is 15.9 Å². The van der Waals surface area contributed by atoms with Gasteiger partial charge in [0, 0.05) is 37.2 Å². The van der Waals surface area contributed by atoms with E-state index in [2.05, 4.69) is 15.9 Å². The summed E-state index contributed by atoms with van der Waals surface area (Å²) in [5.74, 6) is 0.0197. The van der Waals surface area contributed by atoms with Crippen LogP contribution in [0.3, 0.4) is 0 Å². The summed E-state index contributed by atoms with van der Waals surface area (Å²) >= 11 is 3.53. The molecule has 0 radical (unpaired) electrons. The molecule has 0 N–H and O–H groups in total. The number of carbonyl (C=O) groups is 1. The molecule has 0 bridgehead atoms. The maximum atomic E-state index is 12.7. The Balaban J connectivity index is 1.53. The lowest BCUT2D eigenvalue weighted by atomic mass is 10.2. The molecule has 1 aliphatic heterocycles. The minimum Gasteiger partial charge on any atom is -0.339 e. The number of carbonyl (C=O) groups excluding carboxylic acids is 1. The molecule has 1 amide bonds. The first-order valence-electron chi connectivity index (χ1n) is 9.13. The molecule has 6 nitrogen and oxygen atoms in total. The third-order valence-corrected chi connectivity index (χ3v) is 7.46. The molecule has 2 aromatic rings. The lowest BCUT2D eigenvalue weighted by Crippen LogP contribution is -2.52. The fourth-order valence-corrected chi connectivity index (χ4v) is 5.08. The summed E-state index contributed by atoms with van der Waals surface area (Å²) in [5, 5.41) is 0. The van der Waals surface area contributed by atoms with Gasteiger partial charge in [-0.3, -0.25) is 9.69 Å². The quantitative estimate of drug-likeness (QED) is 0.656. The van der Waals surface area contributed by atoms with Gasteiger partial charge in [-0.1, -0.05) is 52.3 Å². The molecule has 1 fully saturated rings. The first kappa shape index (κ1) is 21.0. The van der Waals surface area contributed by atoms with Crippen LogP contribution in [0.15, 0.2) is 64.0 Å².